The van der Waals surface area contributed by atoms with E-state index in [2.05, 4.69) is 41.3 Å². The zero-order chi connectivity index (χ0) is 20.9. The third-order valence-electron chi connectivity index (χ3n) is 5.10. The molecule has 1 saturated heterocycles. The lowest BCUT2D eigenvalue weighted by molar-refractivity contribution is -0.148. The summed E-state index contributed by atoms with van der Waals surface area (Å²) < 4.78 is 10.9. The van der Waals surface area contributed by atoms with Gasteiger partial charge in [0.25, 0.3) is 0 Å². The van der Waals surface area contributed by atoms with E-state index in [0.717, 1.165) is 25.4 Å². The van der Waals surface area contributed by atoms with E-state index < -0.39 is 5.60 Å². The number of ether oxygens (including phenoxy) is 2. The van der Waals surface area contributed by atoms with E-state index in [1.165, 1.54) is 11.1 Å². The molecule has 4 heteroatoms. The Labute approximate surface area is 174 Å². The third-order valence-corrected chi connectivity index (χ3v) is 5.10. The topological polar surface area (TPSA) is 38.8 Å². The van der Waals surface area contributed by atoms with Gasteiger partial charge in [-0.2, -0.15) is 0 Å². The van der Waals surface area contributed by atoms with Gasteiger partial charge in [-0.3, -0.25) is 4.90 Å². The standard InChI is InChI=1S/C25H31NO3/c1-25(2,3)29-24(27)14-13-21-17-26(16-19-9-6-5-7-10-19)18-23(21)20-11-8-12-22(15-20)28-4/h5-15,21,23H,16-18H2,1-4H3/b14-13+/t21-,23+/m1/s1. The monoisotopic (exact) mass is 393 g/mol. The molecule has 0 radical (unpaired) electrons. The van der Waals surface area contributed by atoms with Crippen LogP contribution in [0.5, 0.6) is 5.75 Å². The van der Waals surface area contributed by atoms with E-state index >= 15 is 0 Å². The number of likely N-dealkylation sites (tertiary alicyclic amines) is 1. The van der Waals surface area contributed by atoms with Crippen molar-refractivity contribution in [3.05, 3.63) is 77.9 Å². The molecule has 1 aliphatic heterocycles. The summed E-state index contributed by atoms with van der Waals surface area (Å²) >= 11 is 0. The maximum atomic E-state index is 12.2. The van der Waals surface area contributed by atoms with Gasteiger partial charge in [0.1, 0.15) is 11.4 Å². The van der Waals surface area contributed by atoms with Crippen LogP contribution in [0.3, 0.4) is 0 Å². The molecule has 2 aromatic carbocycles. The molecule has 0 amide bonds. The SMILES string of the molecule is COc1cccc([C@@H]2CN(Cc3ccccc3)C[C@H]2/C=C/C(=O)OC(C)(C)C)c1. The fourth-order valence-corrected chi connectivity index (χ4v) is 3.84. The molecule has 2 atom stereocenters. The average Bonchev–Trinajstić information content (AvgIpc) is 3.08. The first kappa shape index (κ1) is 21.1. The Balaban J connectivity index is 1.78. The lowest BCUT2D eigenvalue weighted by Gasteiger charge is -2.19. The average molecular weight is 394 g/mol. The summed E-state index contributed by atoms with van der Waals surface area (Å²) in [6, 6.07) is 18.7. The molecule has 0 spiro atoms. The van der Waals surface area contributed by atoms with E-state index in [0.29, 0.717) is 5.92 Å². The number of rotatable bonds is 6. The van der Waals surface area contributed by atoms with Gasteiger partial charge in [0.15, 0.2) is 0 Å². The van der Waals surface area contributed by atoms with Gasteiger partial charge in [0.2, 0.25) is 0 Å². The summed E-state index contributed by atoms with van der Waals surface area (Å²) in [4.78, 5) is 14.6. The smallest absolute Gasteiger partial charge is 0.330 e. The van der Waals surface area contributed by atoms with Crippen molar-refractivity contribution in [1.82, 2.24) is 4.90 Å². The van der Waals surface area contributed by atoms with Crippen molar-refractivity contribution in [3.63, 3.8) is 0 Å². The molecule has 1 aliphatic rings. The number of hydrogen-bond donors (Lipinski definition) is 0. The first-order valence-electron chi connectivity index (χ1n) is 10.2. The van der Waals surface area contributed by atoms with Crippen LogP contribution in [-0.4, -0.2) is 36.7 Å². The maximum Gasteiger partial charge on any atom is 0.330 e. The number of esters is 1. The van der Waals surface area contributed by atoms with E-state index in [-0.39, 0.29) is 11.9 Å². The molecule has 3 rings (SSSR count). The second kappa shape index (κ2) is 9.27. The molecular weight excluding hydrogens is 362 g/mol. The van der Waals surface area contributed by atoms with Crippen LogP contribution in [0.2, 0.25) is 0 Å². The van der Waals surface area contributed by atoms with Crippen LogP contribution < -0.4 is 4.74 Å². The number of nitrogens with zero attached hydrogens (tertiary/aromatic N) is 1. The number of carbonyl (C=O) groups excluding carboxylic acids is 1. The first-order valence-corrected chi connectivity index (χ1v) is 10.2. The highest BCUT2D eigenvalue weighted by atomic mass is 16.6. The van der Waals surface area contributed by atoms with Crippen LogP contribution in [0.1, 0.15) is 37.8 Å². The van der Waals surface area contributed by atoms with Crippen molar-refractivity contribution in [3.8, 4) is 5.75 Å². The molecule has 2 aromatic rings. The van der Waals surface area contributed by atoms with Gasteiger partial charge in [-0.1, -0.05) is 48.5 Å². The number of hydrogen-bond acceptors (Lipinski definition) is 4. The van der Waals surface area contributed by atoms with Crippen LogP contribution in [0.4, 0.5) is 0 Å². The van der Waals surface area contributed by atoms with Crippen molar-refractivity contribution >= 4 is 5.97 Å². The van der Waals surface area contributed by atoms with Crippen molar-refractivity contribution in [2.45, 2.75) is 38.8 Å². The van der Waals surface area contributed by atoms with Gasteiger partial charge in [0.05, 0.1) is 7.11 Å². The Morgan fingerprint density at radius 1 is 1.10 bits per heavy atom. The van der Waals surface area contributed by atoms with Gasteiger partial charge in [0, 0.05) is 31.6 Å². The maximum absolute atomic E-state index is 12.2. The lowest BCUT2D eigenvalue weighted by atomic mass is 9.88. The molecule has 1 fully saturated rings. The Kier molecular flexibility index (Phi) is 6.75. The van der Waals surface area contributed by atoms with E-state index in [1.54, 1.807) is 13.2 Å². The van der Waals surface area contributed by atoms with Gasteiger partial charge in [-0.15, -0.1) is 0 Å². The molecule has 0 aliphatic carbocycles. The van der Waals surface area contributed by atoms with Gasteiger partial charge < -0.3 is 9.47 Å². The summed E-state index contributed by atoms with van der Waals surface area (Å²) in [6.45, 7) is 8.39. The number of benzene rings is 2. The van der Waals surface area contributed by atoms with Crippen LogP contribution in [-0.2, 0) is 16.1 Å². The van der Waals surface area contributed by atoms with Crippen molar-refractivity contribution < 1.29 is 14.3 Å². The quantitative estimate of drug-likeness (QED) is 0.522. The fourth-order valence-electron chi connectivity index (χ4n) is 3.84. The summed E-state index contributed by atoms with van der Waals surface area (Å²) in [7, 11) is 1.69. The molecule has 0 N–H and O–H groups in total. The Hall–Kier alpha value is -2.59. The number of carbonyl (C=O) groups is 1. The largest absolute Gasteiger partial charge is 0.497 e. The second-order valence-electron chi connectivity index (χ2n) is 8.62. The molecule has 29 heavy (non-hydrogen) atoms. The predicted octanol–water partition coefficient (Wildman–Crippen LogP) is 4.81. The highest BCUT2D eigenvalue weighted by molar-refractivity contribution is 5.82. The molecule has 154 valence electrons. The second-order valence-corrected chi connectivity index (χ2v) is 8.62. The summed E-state index contributed by atoms with van der Waals surface area (Å²) in [5.41, 5.74) is 2.05. The Morgan fingerprint density at radius 3 is 2.55 bits per heavy atom. The van der Waals surface area contributed by atoms with Crippen LogP contribution >= 0.6 is 0 Å². The molecule has 0 saturated carbocycles. The summed E-state index contributed by atoms with van der Waals surface area (Å²) in [5, 5.41) is 0. The minimum absolute atomic E-state index is 0.235. The molecule has 0 bridgehead atoms. The normalized spacial score (nSPS) is 20.1. The lowest BCUT2D eigenvalue weighted by Crippen LogP contribution is -2.23. The molecule has 1 heterocycles. The highest BCUT2D eigenvalue weighted by Crippen LogP contribution is 2.35. The van der Waals surface area contributed by atoms with Crippen LogP contribution in [0.25, 0.3) is 0 Å². The van der Waals surface area contributed by atoms with Crippen LogP contribution in [0, 0.1) is 5.92 Å². The minimum Gasteiger partial charge on any atom is -0.497 e. The fraction of sp³-hybridized carbons (Fsp3) is 0.400. The highest BCUT2D eigenvalue weighted by Gasteiger charge is 2.32. The minimum atomic E-state index is -0.483. The Bertz CT molecular complexity index is 839. The molecule has 0 aromatic heterocycles. The van der Waals surface area contributed by atoms with E-state index in [1.807, 2.05) is 45.0 Å². The van der Waals surface area contributed by atoms with Crippen molar-refractivity contribution in [2.75, 3.05) is 20.2 Å². The molecular formula is C25H31NO3. The van der Waals surface area contributed by atoms with Gasteiger partial charge in [-0.25, -0.2) is 4.79 Å². The van der Waals surface area contributed by atoms with Gasteiger partial charge >= 0.3 is 5.97 Å². The zero-order valence-corrected chi connectivity index (χ0v) is 17.8. The van der Waals surface area contributed by atoms with Crippen molar-refractivity contribution in [1.29, 1.82) is 0 Å². The van der Waals surface area contributed by atoms with E-state index in [9.17, 15) is 4.79 Å². The Morgan fingerprint density at radius 2 is 1.86 bits per heavy atom. The first-order chi connectivity index (χ1) is 13.8. The molecule has 0 unspecified atom stereocenters. The number of methoxy groups -OCH3 is 1. The van der Waals surface area contributed by atoms with Gasteiger partial charge in [-0.05, 0) is 49.9 Å². The zero-order valence-electron chi connectivity index (χ0n) is 17.8. The van der Waals surface area contributed by atoms with Crippen molar-refractivity contribution in [2.24, 2.45) is 5.92 Å². The summed E-state index contributed by atoms with van der Waals surface area (Å²) in [6.07, 6.45) is 3.61. The molecule has 4 nitrogen and oxygen atoms in total. The van der Waals surface area contributed by atoms with Crippen LogP contribution in [0.15, 0.2) is 66.7 Å². The third kappa shape index (κ3) is 6.20. The van der Waals surface area contributed by atoms with E-state index in [4.69, 9.17) is 9.47 Å². The summed E-state index contributed by atoms with van der Waals surface area (Å²) in [5.74, 6) is 1.10. The predicted molar refractivity (Wildman–Crippen MR) is 116 cm³/mol.